The van der Waals surface area contributed by atoms with Gasteiger partial charge in [-0.2, -0.15) is 18.2 Å². The number of nitrogens with zero attached hydrogens (tertiary/aromatic N) is 2. The van der Waals surface area contributed by atoms with E-state index in [2.05, 4.69) is 20.7 Å². The number of anilines is 2. The first-order valence-corrected chi connectivity index (χ1v) is 17.6. The maximum Gasteiger partial charge on any atom is 0.490 e. The number of sulfonamides is 1. The van der Waals surface area contributed by atoms with Crippen molar-refractivity contribution in [3.8, 4) is 0 Å². The number of carboxylic acid groups (broad SMARTS) is 1. The number of alkyl carbamates (subject to hydrolysis) is 1. The molecule has 270 valence electrons. The van der Waals surface area contributed by atoms with E-state index in [0.717, 1.165) is 61.8 Å². The molecule has 1 amide bonds. The molecule has 0 bridgehead atoms. The van der Waals surface area contributed by atoms with E-state index in [4.69, 9.17) is 24.6 Å². The molecule has 1 aromatic heterocycles. The van der Waals surface area contributed by atoms with Crippen LogP contribution in [-0.4, -0.2) is 73.5 Å². The van der Waals surface area contributed by atoms with Crippen LogP contribution >= 0.6 is 0 Å². The Bertz CT molecular complexity index is 1610. The van der Waals surface area contributed by atoms with Crippen molar-refractivity contribution in [1.29, 1.82) is 0 Å². The summed E-state index contributed by atoms with van der Waals surface area (Å²) in [4.78, 5) is 30.5. The lowest BCUT2D eigenvalue weighted by molar-refractivity contribution is -0.192. The molecule has 1 aliphatic rings. The predicted molar refractivity (Wildman–Crippen MR) is 181 cm³/mol. The standard InChI is InChI=1S/C31H44N6O4S.C2HF3O2/c1-31(2,3)41-30(38)33-20-10-9-19-32-28-26-13-7-8-14-27(26)36-29(37-28)34-21-23-15-17-24(18-16-23)22-35-42(39,40)25-11-5-4-6-12-25;3-2(4,5)1(6)7/h4-8,11-14,23-24,35H,9-10,15-22H2,1-3H3,(H,33,38)(H2,32,34,36,37);(H,6,7). The molecule has 5 N–H and O–H groups in total. The fourth-order valence-electron chi connectivity index (χ4n) is 5.04. The molecule has 3 aromatic rings. The van der Waals surface area contributed by atoms with Gasteiger partial charge in [0.15, 0.2) is 0 Å². The van der Waals surface area contributed by atoms with E-state index in [1.807, 2.05) is 51.1 Å². The van der Waals surface area contributed by atoms with Crippen molar-refractivity contribution in [3.63, 3.8) is 0 Å². The summed E-state index contributed by atoms with van der Waals surface area (Å²) in [6.45, 7) is 8.05. The summed E-state index contributed by atoms with van der Waals surface area (Å²) in [5.74, 6) is -0.548. The van der Waals surface area contributed by atoms with Gasteiger partial charge in [0.05, 0.1) is 10.4 Å². The highest BCUT2D eigenvalue weighted by Gasteiger charge is 2.38. The summed E-state index contributed by atoms with van der Waals surface area (Å²) in [6.07, 6.45) is 0.226. The quantitative estimate of drug-likeness (QED) is 0.129. The number of carboxylic acids is 1. The first-order chi connectivity index (χ1) is 23.0. The van der Waals surface area contributed by atoms with Crippen molar-refractivity contribution in [3.05, 3.63) is 54.6 Å². The normalized spacial score (nSPS) is 16.6. The number of carbonyl (C=O) groups is 2. The Morgan fingerprint density at radius 2 is 1.43 bits per heavy atom. The lowest BCUT2D eigenvalue weighted by Crippen LogP contribution is -2.33. The van der Waals surface area contributed by atoms with Crippen LogP contribution in [0, 0.1) is 11.8 Å². The second-order valence-electron chi connectivity index (χ2n) is 12.7. The highest BCUT2D eigenvalue weighted by molar-refractivity contribution is 7.89. The number of aliphatic carboxylic acids is 1. The summed E-state index contributed by atoms with van der Waals surface area (Å²) in [6, 6.07) is 16.5. The minimum absolute atomic E-state index is 0.308. The number of ether oxygens (including phenoxy) is 1. The van der Waals surface area contributed by atoms with Gasteiger partial charge in [-0.15, -0.1) is 0 Å². The lowest BCUT2D eigenvalue weighted by atomic mass is 9.82. The number of carbonyl (C=O) groups excluding carboxylic acids is 1. The third-order valence-electron chi connectivity index (χ3n) is 7.54. The van der Waals surface area contributed by atoms with E-state index >= 15 is 0 Å². The van der Waals surface area contributed by atoms with Gasteiger partial charge in [0, 0.05) is 31.6 Å². The Morgan fingerprint density at radius 3 is 2.04 bits per heavy atom. The van der Waals surface area contributed by atoms with Gasteiger partial charge in [-0.05, 0) is 95.4 Å². The highest BCUT2D eigenvalue weighted by atomic mass is 32.2. The molecule has 1 heterocycles. The summed E-state index contributed by atoms with van der Waals surface area (Å²) < 4.78 is 64.9. The lowest BCUT2D eigenvalue weighted by Gasteiger charge is -2.28. The van der Waals surface area contributed by atoms with Gasteiger partial charge in [0.1, 0.15) is 11.4 Å². The topological polar surface area (TPSA) is 172 Å². The molecule has 49 heavy (non-hydrogen) atoms. The molecule has 0 aliphatic heterocycles. The molecule has 1 fully saturated rings. The number of alkyl halides is 3. The fraction of sp³-hybridized carbons (Fsp3) is 0.515. The molecule has 0 atom stereocenters. The van der Waals surface area contributed by atoms with Crippen LogP contribution < -0.4 is 20.7 Å². The molecule has 1 aliphatic carbocycles. The van der Waals surface area contributed by atoms with Crippen molar-refractivity contribution >= 4 is 44.8 Å². The first kappa shape index (κ1) is 39.3. The molecule has 2 aromatic carbocycles. The van der Waals surface area contributed by atoms with E-state index in [0.29, 0.717) is 42.3 Å². The van der Waals surface area contributed by atoms with Crippen molar-refractivity contribution in [2.24, 2.45) is 11.8 Å². The van der Waals surface area contributed by atoms with E-state index < -0.39 is 33.9 Å². The Balaban J connectivity index is 0.000000838. The predicted octanol–water partition coefficient (Wildman–Crippen LogP) is 6.18. The molecular formula is C33H45F3N6O6S. The number of hydrogen-bond donors (Lipinski definition) is 5. The fourth-order valence-corrected chi connectivity index (χ4v) is 6.17. The van der Waals surface area contributed by atoms with Gasteiger partial charge in [-0.1, -0.05) is 30.3 Å². The van der Waals surface area contributed by atoms with E-state index in [-0.39, 0.29) is 0 Å². The van der Waals surface area contributed by atoms with Crippen LogP contribution in [0.2, 0.25) is 0 Å². The van der Waals surface area contributed by atoms with Gasteiger partial charge in [-0.3, -0.25) is 0 Å². The molecule has 16 heteroatoms. The van der Waals surface area contributed by atoms with Crippen molar-refractivity contribution in [2.45, 2.75) is 76.0 Å². The average molecular weight is 711 g/mol. The van der Waals surface area contributed by atoms with Gasteiger partial charge >= 0.3 is 18.2 Å². The second kappa shape index (κ2) is 18.0. The van der Waals surface area contributed by atoms with Crippen LogP contribution in [0.1, 0.15) is 59.3 Å². The minimum atomic E-state index is -5.08. The van der Waals surface area contributed by atoms with Gasteiger partial charge in [0.2, 0.25) is 16.0 Å². The van der Waals surface area contributed by atoms with Crippen LogP contribution in [-0.2, 0) is 19.6 Å². The number of aromatic nitrogens is 2. The van der Waals surface area contributed by atoms with Crippen LogP contribution in [0.5, 0.6) is 0 Å². The molecule has 0 unspecified atom stereocenters. The largest absolute Gasteiger partial charge is 0.490 e. The Kier molecular flexibility index (Phi) is 14.4. The number of unbranched alkanes of at least 4 members (excludes halogenated alkanes) is 1. The zero-order valence-corrected chi connectivity index (χ0v) is 28.7. The number of halogens is 3. The Labute approximate surface area is 284 Å². The molecule has 0 radical (unpaired) electrons. The summed E-state index contributed by atoms with van der Waals surface area (Å²) in [5.41, 5.74) is 0.370. The number of para-hydroxylation sites is 1. The SMILES string of the molecule is CC(C)(C)OC(=O)NCCCCNc1nc(NCC2CCC(CNS(=O)(=O)c3ccccc3)CC2)nc2ccccc12.O=C(O)C(F)(F)F. The zero-order chi connectivity index (χ0) is 36.1. The van der Waals surface area contributed by atoms with Crippen molar-refractivity contribution < 1.29 is 41.0 Å². The van der Waals surface area contributed by atoms with Crippen LogP contribution in [0.15, 0.2) is 59.5 Å². The van der Waals surface area contributed by atoms with Gasteiger partial charge < -0.3 is 25.8 Å². The smallest absolute Gasteiger partial charge is 0.475 e. The zero-order valence-electron chi connectivity index (χ0n) is 27.8. The number of amides is 1. The molecular weight excluding hydrogens is 665 g/mol. The highest BCUT2D eigenvalue weighted by Crippen LogP contribution is 2.29. The number of hydrogen-bond acceptors (Lipinski definition) is 9. The van der Waals surface area contributed by atoms with Gasteiger partial charge in [0.25, 0.3) is 0 Å². The van der Waals surface area contributed by atoms with Crippen molar-refractivity contribution in [2.75, 3.05) is 36.8 Å². The summed E-state index contributed by atoms with van der Waals surface area (Å²) >= 11 is 0. The van der Waals surface area contributed by atoms with Crippen LogP contribution in [0.25, 0.3) is 10.9 Å². The van der Waals surface area contributed by atoms with Crippen molar-refractivity contribution in [1.82, 2.24) is 20.0 Å². The average Bonchev–Trinajstić information content (AvgIpc) is 3.04. The maximum absolute atomic E-state index is 12.5. The molecule has 4 rings (SSSR count). The van der Waals surface area contributed by atoms with E-state index in [1.165, 1.54) is 0 Å². The third kappa shape index (κ3) is 14.1. The molecule has 12 nitrogen and oxygen atoms in total. The van der Waals surface area contributed by atoms with Crippen LogP contribution in [0.4, 0.5) is 29.7 Å². The number of fused-ring (bicyclic) bond motifs is 1. The third-order valence-corrected chi connectivity index (χ3v) is 8.98. The van der Waals surface area contributed by atoms with E-state index in [9.17, 15) is 26.4 Å². The monoisotopic (exact) mass is 710 g/mol. The minimum Gasteiger partial charge on any atom is -0.475 e. The molecule has 0 saturated heterocycles. The molecule has 1 saturated carbocycles. The Morgan fingerprint density at radius 1 is 0.857 bits per heavy atom. The van der Waals surface area contributed by atoms with Crippen LogP contribution in [0.3, 0.4) is 0 Å². The van der Waals surface area contributed by atoms with E-state index in [1.54, 1.807) is 24.3 Å². The summed E-state index contributed by atoms with van der Waals surface area (Å²) in [7, 11) is -3.47. The number of rotatable bonds is 13. The first-order valence-electron chi connectivity index (χ1n) is 16.1. The maximum atomic E-state index is 12.5. The number of benzene rings is 2. The number of nitrogens with one attached hydrogen (secondary N) is 4. The van der Waals surface area contributed by atoms with Gasteiger partial charge in [-0.25, -0.2) is 27.7 Å². The molecule has 0 spiro atoms. The second-order valence-corrected chi connectivity index (χ2v) is 14.5. The Hall–Kier alpha value is -4.18. The summed E-state index contributed by atoms with van der Waals surface area (Å²) in [5, 5.41) is 17.8.